The van der Waals surface area contributed by atoms with Crippen LogP contribution >= 0.6 is 0 Å². The fourth-order valence-corrected chi connectivity index (χ4v) is 4.10. The van der Waals surface area contributed by atoms with Gasteiger partial charge in [-0.25, -0.2) is 13.1 Å². The molecule has 2 N–H and O–H groups in total. The number of hydrogen-bond donors (Lipinski definition) is 2. The molecule has 7 nitrogen and oxygen atoms in total. The molecule has 2 aromatic carbocycles. The minimum atomic E-state index is -3.83. The van der Waals surface area contributed by atoms with E-state index in [0.717, 1.165) is 17.5 Å². The molecule has 1 fully saturated rings. The van der Waals surface area contributed by atoms with E-state index < -0.39 is 15.9 Å². The molecule has 0 unspecified atom stereocenters. The van der Waals surface area contributed by atoms with Crippen LogP contribution in [0.3, 0.4) is 0 Å². The highest BCUT2D eigenvalue weighted by molar-refractivity contribution is 7.89. The van der Waals surface area contributed by atoms with E-state index in [1.54, 1.807) is 23.1 Å². The van der Waals surface area contributed by atoms with Gasteiger partial charge in [-0.15, -0.1) is 0 Å². The van der Waals surface area contributed by atoms with E-state index in [1.807, 2.05) is 26.0 Å². The first kappa shape index (κ1) is 20.0. The van der Waals surface area contributed by atoms with Gasteiger partial charge in [0.05, 0.1) is 11.4 Å². The molecule has 2 amide bonds. The Hall–Kier alpha value is -2.71. The lowest BCUT2D eigenvalue weighted by atomic mass is 10.1. The summed E-state index contributed by atoms with van der Waals surface area (Å²) < 4.78 is 27.2. The van der Waals surface area contributed by atoms with Gasteiger partial charge in [-0.3, -0.25) is 9.59 Å². The summed E-state index contributed by atoms with van der Waals surface area (Å²) in [6.45, 7) is 4.10. The van der Waals surface area contributed by atoms with Crippen molar-refractivity contribution in [2.24, 2.45) is 0 Å². The number of anilines is 2. The maximum Gasteiger partial charge on any atom is 0.241 e. The molecule has 28 heavy (non-hydrogen) atoms. The summed E-state index contributed by atoms with van der Waals surface area (Å²) in [5.74, 6) is -0.411. The minimum absolute atomic E-state index is 0.0387. The van der Waals surface area contributed by atoms with Gasteiger partial charge in [-0.05, 0) is 56.2 Å². The van der Waals surface area contributed by atoms with Crippen LogP contribution in [0.5, 0.6) is 0 Å². The number of sulfonamides is 1. The number of nitrogens with one attached hydrogen (secondary N) is 2. The molecule has 1 aliphatic heterocycles. The van der Waals surface area contributed by atoms with Crippen LogP contribution in [0.1, 0.15) is 24.0 Å². The molecule has 8 heteroatoms. The number of rotatable bonds is 6. The lowest BCUT2D eigenvalue weighted by Gasteiger charge is -2.16. The van der Waals surface area contributed by atoms with Gasteiger partial charge in [0, 0.05) is 24.3 Å². The predicted octanol–water partition coefficient (Wildman–Crippen LogP) is 2.35. The van der Waals surface area contributed by atoms with Crippen LogP contribution < -0.4 is 14.9 Å². The summed E-state index contributed by atoms with van der Waals surface area (Å²) in [6, 6.07) is 11.7. The topological polar surface area (TPSA) is 95.6 Å². The van der Waals surface area contributed by atoms with Gasteiger partial charge < -0.3 is 10.2 Å². The predicted molar refractivity (Wildman–Crippen MR) is 108 cm³/mol. The number of carbonyl (C=O) groups is 2. The minimum Gasteiger partial charge on any atom is -0.325 e. The van der Waals surface area contributed by atoms with Gasteiger partial charge in [0.25, 0.3) is 0 Å². The third kappa shape index (κ3) is 4.58. The van der Waals surface area contributed by atoms with E-state index >= 15 is 0 Å². The summed E-state index contributed by atoms with van der Waals surface area (Å²) in [6.07, 6.45) is 1.31. The van der Waals surface area contributed by atoms with Crippen molar-refractivity contribution in [1.82, 2.24) is 4.72 Å². The lowest BCUT2D eigenvalue weighted by Crippen LogP contribution is -2.33. The first-order valence-electron chi connectivity index (χ1n) is 9.03. The first-order valence-corrected chi connectivity index (χ1v) is 10.5. The number of amides is 2. The molecule has 3 rings (SSSR count). The fourth-order valence-electron chi connectivity index (χ4n) is 3.12. The Morgan fingerprint density at radius 1 is 1.11 bits per heavy atom. The molecule has 1 saturated heterocycles. The summed E-state index contributed by atoms with van der Waals surface area (Å²) in [4.78, 5) is 25.6. The molecular formula is C20H23N3O4S. The van der Waals surface area contributed by atoms with Crippen molar-refractivity contribution >= 4 is 33.2 Å². The average molecular weight is 401 g/mol. The smallest absolute Gasteiger partial charge is 0.241 e. The first-order chi connectivity index (χ1) is 13.3. The van der Waals surface area contributed by atoms with Crippen LogP contribution in [-0.2, 0) is 19.6 Å². The monoisotopic (exact) mass is 401 g/mol. The largest absolute Gasteiger partial charge is 0.325 e. The molecule has 0 bridgehead atoms. The van der Waals surface area contributed by atoms with Crippen molar-refractivity contribution in [1.29, 1.82) is 0 Å². The Morgan fingerprint density at radius 3 is 2.43 bits per heavy atom. The van der Waals surface area contributed by atoms with E-state index in [-0.39, 0.29) is 17.3 Å². The Morgan fingerprint density at radius 2 is 1.82 bits per heavy atom. The van der Waals surface area contributed by atoms with Crippen LogP contribution in [-0.4, -0.2) is 33.3 Å². The Labute approximate surface area is 164 Å². The maximum atomic E-state index is 12.4. The second-order valence-corrected chi connectivity index (χ2v) is 8.60. The highest BCUT2D eigenvalue weighted by atomic mass is 32.2. The van der Waals surface area contributed by atoms with Crippen molar-refractivity contribution in [3.05, 3.63) is 53.6 Å². The van der Waals surface area contributed by atoms with Crippen LogP contribution in [0, 0.1) is 13.8 Å². The number of aryl methyl sites for hydroxylation is 2. The van der Waals surface area contributed by atoms with E-state index in [2.05, 4.69) is 10.0 Å². The summed E-state index contributed by atoms with van der Waals surface area (Å²) in [5.41, 5.74) is 3.31. The fraction of sp³-hybridized carbons (Fsp3) is 0.300. The molecular weight excluding hydrogens is 378 g/mol. The quantitative estimate of drug-likeness (QED) is 0.777. The Balaban J connectivity index is 1.61. The van der Waals surface area contributed by atoms with Gasteiger partial charge in [-0.1, -0.05) is 17.7 Å². The zero-order valence-electron chi connectivity index (χ0n) is 15.9. The summed E-state index contributed by atoms with van der Waals surface area (Å²) in [7, 11) is -3.83. The number of benzene rings is 2. The summed E-state index contributed by atoms with van der Waals surface area (Å²) in [5, 5.41) is 2.70. The molecule has 2 aromatic rings. The average Bonchev–Trinajstić information content (AvgIpc) is 3.08. The SMILES string of the molecule is Cc1ccc(NC(=O)CNS(=O)(=O)c2ccc(N3CCCC3=O)cc2)c(C)c1. The van der Waals surface area contributed by atoms with Crippen LogP contribution in [0.15, 0.2) is 47.4 Å². The van der Waals surface area contributed by atoms with Crippen molar-refractivity contribution in [2.45, 2.75) is 31.6 Å². The normalized spacial score (nSPS) is 14.4. The lowest BCUT2D eigenvalue weighted by molar-refractivity contribution is -0.117. The van der Waals surface area contributed by atoms with Crippen molar-refractivity contribution < 1.29 is 18.0 Å². The van der Waals surface area contributed by atoms with Gasteiger partial charge in [-0.2, -0.15) is 0 Å². The molecule has 1 heterocycles. The van der Waals surface area contributed by atoms with Gasteiger partial charge in [0.15, 0.2) is 0 Å². The van der Waals surface area contributed by atoms with Crippen LogP contribution in [0.25, 0.3) is 0 Å². The maximum absolute atomic E-state index is 12.4. The van der Waals surface area contributed by atoms with Crippen molar-refractivity contribution in [2.75, 3.05) is 23.3 Å². The number of carbonyl (C=O) groups excluding carboxylic acids is 2. The zero-order valence-corrected chi connectivity index (χ0v) is 16.7. The highest BCUT2D eigenvalue weighted by Crippen LogP contribution is 2.23. The van der Waals surface area contributed by atoms with Gasteiger partial charge in [0.2, 0.25) is 21.8 Å². The van der Waals surface area contributed by atoms with Crippen LogP contribution in [0.2, 0.25) is 0 Å². The molecule has 0 radical (unpaired) electrons. The second-order valence-electron chi connectivity index (χ2n) is 6.83. The number of hydrogen-bond acceptors (Lipinski definition) is 4. The van der Waals surface area contributed by atoms with Crippen LogP contribution in [0.4, 0.5) is 11.4 Å². The van der Waals surface area contributed by atoms with E-state index in [1.165, 1.54) is 12.1 Å². The standard InChI is InChI=1S/C20H23N3O4S/c1-14-5-10-18(15(2)12-14)22-19(24)13-21-28(26,27)17-8-6-16(7-9-17)23-11-3-4-20(23)25/h5-10,12,21H,3-4,11,13H2,1-2H3,(H,22,24). The molecule has 0 aromatic heterocycles. The van der Waals surface area contributed by atoms with Crippen molar-refractivity contribution in [3.8, 4) is 0 Å². The second kappa shape index (κ2) is 8.12. The zero-order chi connectivity index (χ0) is 20.3. The van der Waals surface area contributed by atoms with E-state index in [0.29, 0.717) is 24.3 Å². The number of nitrogens with zero attached hydrogens (tertiary/aromatic N) is 1. The van der Waals surface area contributed by atoms with E-state index in [9.17, 15) is 18.0 Å². The third-order valence-corrected chi connectivity index (χ3v) is 6.03. The molecule has 148 valence electrons. The molecule has 0 saturated carbocycles. The third-order valence-electron chi connectivity index (χ3n) is 4.61. The van der Waals surface area contributed by atoms with Crippen molar-refractivity contribution in [3.63, 3.8) is 0 Å². The van der Waals surface area contributed by atoms with Gasteiger partial charge >= 0.3 is 0 Å². The molecule has 0 atom stereocenters. The van der Waals surface area contributed by atoms with Gasteiger partial charge in [0.1, 0.15) is 0 Å². The molecule has 0 spiro atoms. The molecule has 1 aliphatic rings. The van der Waals surface area contributed by atoms with E-state index in [4.69, 9.17) is 0 Å². The summed E-state index contributed by atoms with van der Waals surface area (Å²) >= 11 is 0. The highest BCUT2D eigenvalue weighted by Gasteiger charge is 2.22. The Bertz CT molecular complexity index is 1000. The Kier molecular flexibility index (Phi) is 5.81. The molecule has 0 aliphatic carbocycles.